The SMILES string of the molecule is c1ccc(-c2cccc(-c3ccc(C4c5ccccc5-c5c4ccc4oc6ccccc6c54)c(-c4nc(-c5ccccc5)nc(-c5ccccc5)n4)c3)c2)cc1. The van der Waals surface area contributed by atoms with Crippen molar-refractivity contribution in [3.05, 3.63) is 211 Å². The number of rotatable bonds is 6. The summed E-state index contributed by atoms with van der Waals surface area (Å²) < 4.78 is 6.42. The molecule has 0 radical (unpaired) electrons. The van der Waals surface area contributed by atoms with E-state index in [4.69, 9.17) is 19.4 Å². The second kappa shape index (κ2) is 13.2. The second-order valence-electron chi connectivity index (χ2n) is 14.3. The molecule has 4 nitrogen and oxygen atoms in total. The van der Waals surface area contributed by atoms with E-state index >= 15 is 0 Å². The maximum absolute atomic E-state index is 6.42. The van der Waals surface area contributed by atoms with E-state index in [1.165, 1.54) is 33.4 Å². The fourth-order valence-corrected chi connectivity index (χ4v) is 8.46. The van der Waals surface area contributed by atoms with Gasteiger partial charge in [0, 0.05) is 33.4 Å². The van der Waals surface area contributed by atoms with Crippen molar-refractivity contribution < 1.29 is 4.42 Å². The van der Waals surface area contributed by atoms with Crippen LogP contribution >= 0.6 is 0 Å². The van der Waals surface area contributed by atoms with Crippen molar-refractivity contribution in [2.24, 2.45) is 0 Å². The molecule has 0 saturated heterocycles. The van der Waals surface area contributed by atoms with Crippen LogP contribution in [0.25, 0.3) is 89.5 Å². The van der Waals surface area contributed by atoms with Gasteiger partial charge in [-0.05, 0) is 74.3 Å². The summed E-state index contributed by atoms with van der Waals surface area (Å²) >= 11 is 0. The lowest BCUT2D eigenvalue weighted by molar-refractivity contribution is 0.669. The van der Waals surface area contributed by atoms with Crippen LogP contribution in [0.5, 0.6) is 0 Å². The highest BCUT2D eigenvalue weighted by Crippen LogP contribution is 2.54. The third-order valence-electron chi connectivity index (χ3n) is 11.0. The van der Waals surface area contributed by atoms with Crippen molar-refractivity contribution in [2.75, 3.05) is 0 Å². The maximum atomic E-state index is 6.42. The van der Waals surface area contributed by atoms with Gasteiger partial charge in [0.2, 0.25) is 0 Å². The number of benzene rings is 8. The Morgan fingerprint density at radius 1 is 0.339 bits per heavy atom. The van der Waals surface area contributed by atoms with Gasteiger partial charge >= 0.3 is 0 Å². The van der Waals surface area contributed by atoms with E-state index in [1.54, 1.807) is 0 Å². The van der Waals surface area contributed by atoms with Crippen molar-refractivity contribution >= 4 is 21.9 Å². The number of hydrogen-bond donors (Lipinski definition) is 0. The highest BCUT2D eigenvalue weighted by atomic mass is 16.3. The van der Waals surface area contributed by atoms with Crippen LogP contribution in [0.2, 0.25) is 0 Å². The molecule has 11 rings (SSSR count). The molecule has 4 heteroatoms. The lowest BCUT2D eigenvalue weighted by Crippen LogP contribution is -2.06. The number of nitrogens with zero attached hydrogens (tertiary/aromatic N) is 3. The van der Waals surface area contributed by atoms with Gasteiger partial charge in [0.15, 0.2) is 17.5 Å². The summed E-state index contributed by atoms with van der Waals surface area (Å²) in [5, 5.41) is 2.28. The Kier molecular flexibility index (Phi) is 7.52. The molecule has 8 aromatic carbocycles. The summed E-state index contributed by atoms with van der Waals surface area (Å²) in [6.07, 6.45) is 0. The molecule has 0 aliphatic heterocycles. The molecule has 1 atom stereocenters. The van der Waals surface area contributed by atoms with E-state index in [0.717, 1.165) is 55.3 Å². The molecule has 1 unspecified atom stereocenters. The van der Waals surface area contributed by atoms with Crippen molar-refractivity contribution in [2.45, 2.75) is 5.92 Å². The van der Waals surface area contributed by atoms with Gasteiger partial charge in [-0.2, -0.15) is 0 Å². The predicted molar refractivity (Wildman–Crippen MR) is 227 cm³/mol. The first-order valence-electron chi connectivity index (χ1n) is 19.0. The van der Waals surface area contributed by atoms with Crippen LogP contribution in [0.4, 0.5) is 0 Å². The molecule has 1 aliphatic carbocycles. The van der Waals surface area contributed by atoms with Crippen LogP contribution in [-0.2, 0) is 0 Å². The number of furan rings is 1. The quantitative estimate of drug-likeness (QED) is 0.172. The molecule has 56 heavy (non-hydrogen) atoms. The van der Waals surface area contributed by atoms with Gasteiger partial charge in [-0.1, -0.05) is 170 Å². The highest BCUT2D eigenvalue weighted by Gasteiger charge is 2.34. The summed E-state index contributed by atoms with van der Waals surface area (Å²) in [6.45, 7) is 0. The Hall–Kier alpha value is -7.43. The molecule has 2 heterocycles. The number of hydrogen-bond acceptors (Lipinski definition) is 4. The molecule has 0 amide bonds. The van der Waals surface area contributed by atoms with E-state index in [1.807, 2.05) is 42.5 Å². The van der Waals surface area contributed by atoms with Crippen molar-refractivity contribution in [1.82, 2.24) is 15.0 Å². The van der Waals surface area contributed by atoms with Crippen molar-refractivity contribution in [1.29, 1.82) is 0 Å². The first-order chi connectivity index (χ1) is 27.8. The van der Waals surface area contributed by atoms with Gasteiger partial charge in [0.1, 0.15) is 11.2 Å². The minimum atomic E-state index is -0.0731. The standard InChI is InChI=1S/C52H33N3O/c1-4-15-33(16-5-1)36-21-14-22-37(31-36)38-27-28-41(44(32-38)52-54-50(34-17-6-2-7-18-34)53-51(55-52)35-19-8-3-9-20-35)47-39-23-10-11-24-40(39)48-43(47)29-30-46-49(48)42-25-12-13-26-45(42)56-46/h1-32,47H. The molecule has 262 valence electrons. The number of aromatic nitrogens is 3. The molecule has 0 fully saturated rings. The van der Waals surface area contributed by atoms with Gasteiger partial charge < -0.3 is 4.42 Å². The third kappa shape index (κ3) is 5.34. The zero-order valence-electron chi connectivity index (χ0n) is 30.3. The smallest absolute Gasteiger partial charge is 0.164 e. The summed E-state index contributed by atoms with van der Waals surface area (Å²) in [7, 11) is 0. The average molecular weight is 716 g/mol. The van der Waals surface area contributed by atoms with Gasteiger partial charge in [-0.25, -0.2) is 15.0 Å². The van der Waals surface area contributed by atoms with Crippen LogP contribution in [-0.4, -0.2) is 15.0 Å². The average Bonchev–Trinajstić information content (AvgIpc) is 3.83. The molecule has 10 aromatic rings. The summed E-state index contributed by atoms with van der Waals surface area (Å²) in [5.74, 6) is 1.83. The minimum Gasteiger partial charge on any atom is -0.456 e. The second-order valence-corrected chi connectivity index (χ2v) is 14.3. The largest absolute Gasteiger partial charge is 0.456 e. The lowest BCUT2D eigenvalue weighted by atomic mass is 9.84. The van der Waals surface area contributed by atoms with Gasteiger partial charge in [-0.3, -0.25) is 0 Å². The number of fused-ring (bicyclic) bond motifs is 7. The molecular formula is C52H33N3O. The summed E-state index contributed by atoms with van der Waals surface area (Å²) in [6, 6.07) is 68.1. The first-order valence-corrected chi connectivity index (χ1v) is 19.0. The third-order valence-corrected chi connectivity index (χ3v) is 11.0. The Labute approximate surface area is 324 Å². The number of para-hydroxylation sites is 1. The van der Waals surface area contributed by atoms with Crippen LogP contribution in [0, 0.1) is 0 Å². The Morgan fingerprint density at radius 3 is 1.61 bits per heavy atom. The van der Waals surface area contributed by atoms with E-state index < -0.39 is 0 Å². The van der Waals surface area contributed by atoms with Gasteiger partial charge in [0.05, 0.1) is 0 Å². The lowest BCUT2D eigenvalue weighted by Gasteiger charge is -2.20. The molecule has 0 spiro atoms. The van der Waals surface area contributed by atoms with Crippen molar-refractivity contribution in [3.8, 4) is 67.5 Å². The predicted octanol–water partition coefficient (Wildman–Crippen LogP) is 13.3. The zero-order valence-corrected chi connectivity index (χ0v) is 30.3. The summed E-state index contributed by atoms with van der Waals surface area (Å²) in [4.78, 5) is 15.6. The molecule has 1 aliphatic rings. The first kappa shape index (κ1) is 32.0. The highest BCUT2D eigenvalue weighted by molar-refractivity contribution is 6.15. The topological polar surface area (TPSA) is 51.8 Å². The zero-order chi connectivity index (χ0) is 37.0. The molecule has 0 N–H and O–H groups in total. The van der Waals surface area contributed by atoms with Crippen LogP contribution in [0.3, 0.4) is 0 Å². The Bertz CT molecular complexity index is 3020. The fourth-order valence-electron chi connectivity index (χ4n) is 8.46. The molecule has 2 aromatic heterocycles. The fraction of sp³-hybridized carbons (Fsp3) is 0.0192. The Morgan fingerprint density at radius 2 is 0.875 bits per heavy atom. The van der Waals surface area contributed by atoms with Crippen LogP contribution in [0.15, 0.2) is 199 Å². The van der Waals surface area contributed by atoms with E-state index in [9.17, 15) is 0 Å². The van der Waals surface area contributed by atoms with E-state index in [-0.39, 0.29) is 5.92 Å². The summed E-state index contributed by atoms with van der Waals surface area (Å²) in [5.41, 5.74) is 15.3. The van der Waals surface area contributed by atoms with Crippen LogP contribution < -0.4 is 0 Å². The Balaban J connectivity index is 1.18. The monoisotopic (exact) mass is 715 g/mol. The normalized spacial score (nSPS) is 13.2. The van der Waals surface area contributed by atoms with Gasteiger partial charge in [-0.15, -0.1) is 0 Å². The van der Waals surface area contributed by atoms with E-state index in [0.29, 0.717) is 17.5 Å². The van der Waals surface area contributed by atoms with Crippen LogP contribution in [0.1, 0.15) is 22.6 Å². The molecule has 0 bridgehead atoms. The minimum absolute atomic E-state index is 0.0731. The van der Waals surface area contributed by atoms with E-state index in [2.05, 4.69) is 152 Å². The van der Waals surface area contributed by atoms with Crippen molar-refractivity contribution in [3.63, 3.8) is 0 Å². The van der Waals surface area contributed by atoms with Gasteiger partial charge in [0.25, 0.3) is 0 Å². The molecular weight excluding hydrogens is 683 g/mol. The molecule has 0 saturated carbocycles. The maximum Gasteiger partial charge on any atom is 0.164 e.